The molecule has 0 aromatic carbocycles. The third-order valence-electron chi connectivity index (χ3n) is 5.63. The molecular weight excluding hydrogens is 344 g/mol. The van der Waals surface area contributed by atoms with E-state index in [9.17, 15) is 4.79 Å². The summed E-state index contributed by atoms with van der Waals surface area (Å²) >= 11 is 3.28. The molecule has 4 saturated carbocycles. The van der Waals surface area contributed by atoms with Gasteiger partial charge in [0.15, 0.2) is 0 Å². The first kappa shape index (κ1) is 14.4. The summed E-state index contributed by atoms with van der Waals surface area (Å²) in [7, 11) is 0. The van der Waals surface area contributed by atoms with Crippen molar-refractivity contribution in [3.8, 4) is 0 Å². The summed E-state index contributed by atoms with van der Waals surface area (Å²) < 4.78 is 0.798. The topological polar surface area (TPSA) is 66.9 Å². The minimum Gasteiger partial charge on any atom is -0.337 e. The van der Waals surface area contributed by atoms with E-state index in [2.05, 4.69) is 36.5 Å². The van der Waals surface area contributed by atoms with Crippen LogP contribution in [0.3, 0.4) is 0 Å². The number of rotatable bonds is 3. The quantitative estimate of drug-likeness (QED) is 0.861. The van der Waals surface area contributed by atoms with Gasteiger partial charge in [-0.1, -0.05) is 0 Å². The molecule has 0 saturated heterocycles. The molecule has 4 aliphatic carbocycles. The third kappa shape index (κ3) is 2.85. The minimum absolute atomic E-state index is 0.196. The second-order valence-corrected chi connectivity index (χ2v) is 8.37. The predicted octanol–water partition coefficient (Wildman–Crippen LogP) is 3.58. The largest absolute Gasteiger partial charge is 0.337 e. The van der Waals surface area contributed by atoms with Crippen molar-refractivity contribution in [2.45, 2.75) is 38.5 Å². The summed E-state index contributed by atoms with van der Waals surface area (Å²) in [5, 5.41) is 5.77. The molecule has 5 rings (SSSR count). The van der Waals surface area contributed by atoms with Gasteiger partial charge in [0, 0.05) is 18.9 Å². The predicted molar refractivity (Wildman–Crippen MR) is 87.4 cm³/mol. The van der Waals surface area contributed by atoms with Gasteiger partial charge in [0.05, 0.1) is 4.47 Å². The molecule has 0 atom stereocenters. The van der Waals surface area contributed by atoms with Crippen LogP contribution < -0.4 is 10.6 Å². The number of hydrogen-bond donors (Lipinski definition) is 2. The fraction of sp³-hybridized carbons (Fsp3) is 0.688. The van der Waals surface area contributed by atoms with Crippen LogP contribution in [0.25, 0.3) is 0 Å². The molecule has 0 spiro atoms. The van der Waals surface area contributed by atoms with Gasteiger partial charge in [-0.25, -0.2) is 14.8 Å². The van der Waals surface area contributed by atoms with E-state index in [1.807, 2.05) is 0 Å². The maximum Gasteiger partial charge on any atom is 0.321 e. The van der Waals surface area contributed by atoms with Gasteiger partial charge in [0.1, 0.15) is 0 Å². The molecular formula is C16H21BrN4O. The Morgan fingerprint density at radius 1 is 1.14 bits per heavy atom. The summed E-state index contributed by atoms with van der Waals surface area (Å²) in [6, 6.07) is -0.196. The SMILES string of the molecule is O=C(NCC12CC3CC(CC(C3)C1)C2)Nc1ncc(Br)cn1. The number of carbonyl (C=O) groups excluding carboxylic acids is 1. The summed E-state index contributed by atoms with van der Waals surface area (Å²) in [5.74, 6) is 3.06. The van der Waals surface area contributed by atoms with Gasteiger partial charge in [-0.05, 0) is 77.6 Å². The number of halogens is 1. The highest BCUT2D eigenvalue weighted by atomic mass is 79.9. The van der Waals surface area contributed by atoms with Crippen LogP contribution in [0, 0.1) is 23.2 Å². The normalized spacial score (nSPS) is 35.4. The lowest BCUT2D eigenvalue weighted by molar-refractivity contribution is -0.0496. The van der Waals surface area contributed by atoms with Gasteiger partial charge in [-0.2, -0.15) is 0 Å². The van der Waals surface area contributed by atoms with Crippen LogP contribution in [0.15, 0.2) is 16.9 Å². The molecule has 118 valence electrons. The standard InChI is InChI=1S/C16H21BrN4O/c17-13-7-18-14(19-8-13)21-15(22)20-9-16-4-10-1-11(5-16)3-12(2-10)6-16/h7-8,10-12H,1-6,9H2,(H2,18,19,20,21,22). The van der Waals surface area contributed by atoms with Crippen LogP contribution in [0.4, 0.5) is 10.7 Å². The first-order valence-corrected chi connectivity index (χ1v) is 8.92. The van der Waals surface area contributed by atoms with Gasteiger partial charge >= 0.3 is 6.03 Å². The zero-order valence-electron chi connectivity index (χ0n) is 12.5. The maximum atomic E-state index is 12.1. The number of carbonyl (C=O) groups is 1. The molecule has 6 heteroatoms. The van der Waals surface area contributed by atoms with Gasteiger partial charge in [-0.15, -0.1) is 0 Å². The minimum atomic E-state index is -0.196. The molecule has 5 nitrogen and oxygen atoms in total. The average molecular weight is 365 g/mol. The van der Waals surface area contributed by atoms with Crippen LogP contribution in [0.1, 0.15) is 38.5 Å². The van der Waals surface area contributed by atoms with E-state index < -0.39 is 0 Å². The number of urea groups is 1. The average Bonchev–Trinajstić information content (AvgIpc) is 2.46. The Hall–Kier alpha value is -1.17. The number of hydrogen-bond acceptors (Lipinski definition) is 3. The third-order valence-corrected chi connectivity index (χ3v) is 6.04. The van der Waals surface area contributed by atoms with Gasteiger partial charge < -0.3 is 5.32 Å². The number of amides is 2. The number of nitrogens with zero attached hydrogens (tertiary/aromatic N) is 2. The second kappa shape index (κ2) is 5.48. The molecule has 0 unspecified atom stereocenters. The first-order valence-electron chi connectivity index (χ1n) is 8.13. The summed E-state index contributed by atoms with van der Waals surface area (Å²) in [4.78, 5) is 20.2. The van der Waals surface area contributed by atoms with E-state index in [1.54, 1.807) is 12.4 Å². The van der Waals surface area contributed by atoms with E-state index in [-0.39, 0.29) is 6.03 Å². The lowest BCUT2D eigenvalue weighted by atomic mass is 9.49. The monoisotopic (exact) mass is 364 g/mol. The highest BCUT2D eigenvalue weighted by molar-refractivity contribution is 9.10. The van der Waals surface area contributed by atoms with E-state index in [4.69, 9.17) is 0 Å². The molecule has 4 bridgehead atoms. The second-order valence-electron chi connectivity index (χ2n) is 7.45. The molecule has 4 aliphatic rings. The van der Waals surface area contributed by atoms with Crippen molar-refractivity contribution in [1.29, 1.82) is 0 Å². The fourth-order valence-electron chi connectivity index (χ4n) is 5.30. The molecule has 0 aliphatic heterocycles. The van der Waals surface area contributed by atoms with Crippen molar-refractivity contribution in [2.75, 3.05) is 11.9 Å². The molecule has 2 amide bonds. The summed E-state index contributed by atoms with van der Waals surface area (Å²) in [6.07, 6.45) is 11.4. The van der Waals surface area contributed by atoms with Gasteiger partial charge in [0.25, 0.3) is 0 Å². The Labute approximate surface area is 138 Å². The van der Waals surface area contributed by atoms with E-state index >= 15 is 0 Å². The lowest BCUT2D eigenvalue weighted by Crippen LogP contribution is -2.51. The van der Waals surface area contributed by atoms with Crippen LogP contribution in [0.5, 0.6) is 0 Å². The Bertz CT molecular complexity index is 539. The molecule has 0 radical (unpaired) electrons. The Morgan fingerprint density at radius 2 is 1.68 bits per heavy atom. The molecule has 22 heavy (non-hydrogen) atoms. The van der Waals surface area contributed by atoms with Crippen molar-refractivity contribution < 1.29 is 4.79 Å². The molecule has 1 heterocycles. The first-order chi connectivity index (χ1) is 10.6. The molecule has 2 N–H and O–H groups in total. The number of nitrogens with one attached hydrogen (secondary N) is 2. The maximum absolute atomic E-state index is 12.1. The van der Waals surface area contributed by atoms with Gasteiger partial charge in [0.2, 0.25) is 5.95 Å². The fourth-order valence-corrected chi connectivity index (χ4v) is 5.50. The zero-order valence-corrected chi connectivity index (χ0v) is 14.1. The zero-order chi connectivity index (χ0) is 15.2. The van der Waals surface area contributed by atoms with E-state index in [1.165, 1.54) is 38.5 Å². The van der Waals surface area contributed by atoms with Crippen LogP contribution in [-0.4, -0.2) is 22.5 Å². The van der Waals surface area contributed by atoms with Crippen molar-refractivity contribution in [1.82, 2.24) is 15.3 Å². The Kier molecular flexibility index (Phi) is 3.59. The van der Waals surface area contributed by atoms with Crippen LogP contribution >= 0.6 is 15.9 Å². The van der Waals surface area contributed by atoms with Gasteiger partial charge in [-0.3, -0.25) is 5.32 Å². The highest BCUT2D eigenvalue weighted by Crippen LogP contribution is 2.59. The van der Waals surface area contributed by atoms with E-state index in [0.717, 1.165) is 28.8 Å². The van der Waals surface area contributed by atoms with Crippen molar-refractivity contribution in [3.63, 3.8) is 0 Å². The van der Waals surface area contributed by atoms with E-state index in [0.29, 0.717) is 11.4 Å². The van der Waals surface area contributed by atoms with Crippen molar-refractivity contribution in [3.05, 3.63) is 16.9 Å². The summed E-state index contributed by atoms with van der Waals surface area (Å²) in [6.45, 7) is 0.791. The molecule has 1 aromatic heterocycles. The van der Waals surface area contributed by atoms with Crippen molar-refractivity contribution >= 4 is 27.9 Å². The highest BCUT2D eigenvalue weighted by Gasteiger charge is 2.50. The Morgan fingerprint density at radius 3 is 2.23 bits per heavy atom. The summed E-state index contributed by atoms with van der Waals surface area (Å²) in [5.41, 5.74) is 0.354. The number of aromatic nitrogens is 2. The molecule has 4 fully saturated rings. The van der Waals surface area contributed by atoms with Crippen molar-refractivity contribution in [2.24, 2.45) is 23.2 Å². The van der Waals surface area contributed by atoms with Crippen LogP contribution in [0.2, 0.25) is 0 Å². The van der Waals surface area contributed by atoms with Crippen LogP contribution in [-0.2, 0) is 0 Å². The lowest BCUT2D eigenvalue weighted by Gasteiger charge is -2.56. The number of anilines is 1. The Balaban J connectivity index is 1.34. The smallest absolute Gasteiger partial charge is 0.321 e. The molecule has 1 aromatic rings.